The highest BCUT2D eigenvalue weighted by atomic mass is 19.1. The second-order valence-corrected chi connectivity index (χ2v) is 6.91. The number of hydrogen-bond donors (Lipinski definition) is 1. The predicted octanol–water partition coefficient (Wildman–Crippen LogP) is 4.65. The molecular weight excluding hydrogens is 383 g/mol. The number of nitrogens with one attached hydrogen (secondary N) is 1. The van der Waals surface area contributed by atoms with Gasteiger partial charge >= 0.3 is 0 Å². The van der Waals surface area contributed by atoms with Gasteiger partial charge in [-0.05, 0) is 54.6 Å². The molecule has 0 aliphatic carbocycles. The first-order chi connectivity index (χ1) is 14.5. The number of rotatable bonds is 8. The summed E-state index contributed by atoms with van der Waals surface area (Å²) in [5, 5.41) is 2.88. The number of carbonyl (C=O) groups excluding carboxylic acids is 1. The van der Waals surface area contributed by atoms with Gasteiger partial charge in [-0.1, -0.05) is 36.4 Å². The number of ether oxygens (including phenoxy) is 2. The van der Waals surface area contributed by atoms with E-state index in [1.54, 1.807) is 26.4 Å². The summed E-state index contributed by atoms with van der Waals surface area (Å²) in [5.41, 5.74) is 2.38. The molecule has 3 aromatic rings. The molecular formula is C24H25FN2O3. The van der Waals surface area contributed by atoms with Gasteiger partial charge in [0.05, 0.1) is 14.2 Å². The number of hydrogen-bond acceptors (Lipinski definition) is 4. The molecule has 0 saturated heterocycles. The fourth-order valence-corrected chi connectivity index (χ4v) is 3.34. The van der Waals surface area contributed by atoms with Crippen LogP contribution in [0.4, 0.5) is 10.1 Å². The van der Waals surface area contributed by atoms with Gasteiger partial charge in [0.25, 0.3) is 0 Å². The van der Waals surface area contributed by atoms with E-state index in [1.165, 1.54) is 12.1 Å². The van der Waals surface area contributed by atoms with Gasteiger partial charge in [-0.15, -0.1) is 0 Å². The molecule has 0 bridgehead atoms. The molecule has 0 fully saturated rings. The number of methoxy groups -OCH3 is 2. The molecule has 3 aromatic carbocycles. The standard InChI is InChI=1S/C24H25FN2O3/c1-27(16-17-9-14-21(29-2)22(15-17)30-3)23(18-7-5-4-6-8-18)24(28)26-20-12-10-19(25)11-13-20/h4-15,23H,16H2,1-3H3,(H,26,28)/t23-/m1/s1. The molecule has 0 aliphatic rings. The van der Waals surface area contributed by atoms with E-state index in [2.05, 4.69) is 5.32 Å². The van der Waals surface area contributed by atoms with Gasteiger partial charge in [-0.3, -0.25) is 9.69 Å². The highest BCUT2D eigenvalue weighted by Gasteiger charge is 2.25. The van der Waals surface area contributed by atoms with Crippen molar-refractivity contribution >= 4 is 11.6 Å². The normalized spacial score (nSPS) is 11.8. The predicted molar refractivity (Wildman–Crippen MR) is 115 cm³/mol. The van der Waals surface area contributed by atoms with Crippen molar-refractivity contribution in [1.29, 1.82) is 0 Å². The Hall–Kier alpha value is -3.38. The molecule has 0 saturated carbocycles. The number of amides is 1. The average molecular weight is 408 g/mol. The first-order valence-electron chi connectivity index (χ1n) is 9.54. The van der Waals surface area contributed by atoms with Crippen LogP contribution in [0.25, 0.3) is 0 Å². The maximum absolute atomic E-state index is 13.2. The Morgan fingerprint density at radius 3 is 2.27 bits per heavy atom. The molecule has 0 heterocycles. The fourth-order valence-electron chi connectivity index (χ4n) is 3.34. The van der Waals surface area contributed by atoms with E-state index >= 15 is 0 Å². The lowest BCUT2D eigenvalue weighted by Gasteiger charge is -2.28. The monoisotopic (exact) mass is 408 g/mol. The lowest BCUT2D eigenvalue weighted by atomic mass is 10.0. The Bertz CT molecular complexity index is 978. The van der Waals surface area contributed by atoms with E-state index in [0.29, 0.717) is 23.7 Å². The number of halogens is 1. The number of nitrogens with zero attached hydrogens (tertiary/aromatic N) is 1. The van der Waals surface area contributed by atoms with Crippen LogP contribution in [0.2, 0.25) is 0 Å². The first kappa shape index (κ1) is 21.3. The Labute approximate surface area is 176 Å². The van der Waals surface area contributed by atoms with Crippen molar-refractivity contribution < 1.29 is 18.7 Å². The molecule has 0 aromatic heterocycles. The van der Waals surface area contributed by atoms with E-state index in [4.69, 9.17) is 9.47 Å². The van der Waals surface area contributed by atoms with E-state index in [1.807, 2.05) is 60.5 Å². The lowest BCUT2D eigenvalue weighted by Crippen LogP contribution is -2.34. The second-order valence-electron chi connectivity index (χ2n) is 6.91. The summed E-state index contributed by atoms with van der Waals surface area (Å²) in [6, 6.07) is 20.4. The summed E-state index contributed by atoms with van der Waals surface area (Å²) >= 11 is 0. The van der Waals surface area contributed by atoms with E-state index in [9.17, 15) is 9.18 Å². The van der Waals surface area contributed by atoms with Crippen molar-refractivity contribution in [1.82, 2.24) is 4.90 Å². The van der Waals surface area contributed by atoms with Crippen LogP contribution >= 0.6 is 0 Å². The SMILES string of the molecule is COc1ccc(CN(C)[C@@H](C(=O)Nc2ccc(F)cc2)c2ccccc2)cc1OC. The van der Waals surface area contributed by atoms with Crippen LogP contribution in [0.15, 0.2) is 72.8 Å². The van der Waals surface area contributed by atoms with Crippen LogP contribution in [0.3, 0.4) is 0 Å². The van der Waals surface area contributed by atoms with Gasteiger partial charge < -0.3 is 14.8 Å². The van der Waals surface area contributed by atoms with Gasteiger partial charge in [0, 0.05) is 12.2 Å². The van der Waals surface area contributed by atoms with Gasteiger partial charge in [-0.2, -0.15) is 0 Å². The van der Waals surface area contributed by atoms with Crippen molar-refractivity contribution in [3.8, 4) is 11.5 Å². The Kier molecular flexibility index (Phi) is 7.03. The quantitative estimate of drug-likeness (QED) is 0.589. The molecule has 0 aliphatic heterocycles. The fraction of sp³-hybridized carbons (Fsp3) is 0.208. The third-order valence-electron chi connectivity index (χ3n) is 4.80. The largest absolute Gasteiger partial charge is 0.493 e. The van der Waals surface area contributed by atoms with E-state index in [-0.39, 0.29) is 11.7 Å². The topological polar surface area (TPSA) is 50.8 Å². The van der Waals surface area contributed by atoms with Crippen molar-refractivity contribution in [2.75, 3.05) is 26.6 Å². The molecule has 156 valence electrons. The number of benzene rings is 3. The van der Waals surface area contributed by atoms with Gasteiger partial charge in [0.1, 0.15) is 11.9 Å². The highest BCUT2D eigenvalue weighted by molar-refractivity contribution is 5.95. The van der Waals surface area contributed by atoms with Crippen LogP contribution < -0.4 is 14.8 Å². The van der Waals surface area contributed by atoms with Crippen LogP contribution in [0.5, 0.6) is 11.5 Å². The summed E-state index contributed by atoms with van der Waals surface area (Å²) in [6.45, 7) is 0.511. The molecule has 1 N–H and O–H groups in total. The van der Waals surface area contributed by atoms with Crippen LogP contribution in [0, 0.1) is 5.82 Å². The van der Waals surface area contributed by atoms with E-state index < -0.39 is 6.04 Å². The van der Waals surface area contributed by atoms with Gasteiger partial charge in [-0.25, -0.2) is 4.39 Å². The number of carbonyl (C=O) groups is 1. The maximum Gasteiger partial charge on any atom is 0.246 e. The van der Waals surface area contributed by atoms with Crippen molar-refractivity contribution in [3.05, 3.63) is 89.7 Å². The Balaban J connectivity index is 1.84. The summed E-state index contributed by atoms with van der Waals surface area (Å²) in [6.07, 6.45) is 0. The molecule has 0 radical (unpaired) electrons. The second kappa shape index (κ2) is 9.89. The van der Waals surface area contributed by atoms with E-state index in [0.717, 1.165) is 11.1 Å². The number of likely N-dealkylation sites (N-methyl/N-ethyl adjacent to an activating group) is 1. The Morgan fingerprint density at radius 1 is 0.967 bits per heavy atom. The first-order valence-corrected chi connectivity index (χ1v) is 9.54. The molecule has 0 spiro atoms. The minimum absolute atomic E-state index is 0.198. The maximum atomic E-state index is 13.2. The van der Waals surface area contributed by atoms with Crippen molar-refractivity contribution in [3.63, 3.8) is 0 Å². The zero-order valence-electron chi connectivity index (χ0n) is 17.3. The molecule has 6 heteroatoms. The van der Waals surface area contributed by atoms with Crippen LogP contribution in [0.1, 0.15) is 17.2 Å². The Morgan fingerprint density at radius 2 is 1.63 bits per heavy atom. The summed E-state index contributed by atoms with van der Waals surface area (Å²) in [4.78, 5) is 15.1. The van der Waals surface area contributed by atoms with Crippen LogP contribution in [-0.2, 0) is 11.3 Å². The molecule has 3 rings (SSSR count). The summed E-state index contributed by atoms with van der Waals surface area (Å²) in [7, 11) is 5.07. The third-order valence-corrected chi connectivity index (χ3v) is 4.80. The minimum Gasteiger partial charge on any atom is -0.493 e. The molecule has 30 heavy (non-hydrogen) atoms. The molecule has 1 atom stereocenters. The summed E-state index contributed by atoms with van der Waals surface area (Å²) in [5.74, 6) is 0.738. The van der Waals surface area contributed by atoms with Gasteiger partial charge in [0.15, 0.2) is 11.5 Å². The average Bonchev–Trinajstić information content (AvgIpc) is 2.76. The summed E-state index contributed by atoms with van der Waals surface area (Å²) < 4.78 is 23.9. The zero-order valence-corrected chi connectivity index (χ0v) is 17.3. The van der Waals surface area contributed by atoms with Crippen molar-refractivity contribution in [2.45, 2.75) is 12.6 Å². The van der Waals surface area contributed by atoms with Crippen LogP contribution in [-0.4, -0.2) is 32.1 Å². The number of anilines is 1. The minimum atomic E-state index is -0.538. The molecule has 0 unspecified atom stereocenters. The lowest BCUT2D eigenvalue weighted by molar-refractivity contribution is -0.121. The smallest absolute Gasteiger partial charge is 0.246 e. The van der Waals surface area contributed by atoms with Gasteiger partial charge in [0.2, 0.25) is 5.91 Å². The third kappa shape index (κ3) is 5.15. The molecule has 1 amide bonds. The zero-order chi connectivity index (χ0) is 21.5. The highest BCUT2D eigenvalue weighted by Crippen LogP contribution is 2.29. The molecule has 5 nitrogen and oxygen atoms in total. The van der Waals surface area contributed by atoms with Crippen molar-refractivity contribution in [2.24, 2.45) is 0 Å².